The summed E-state index contributed by atoms with van der Waals surface area (Å²) in [7, 11) is -3.53. The van der Waals surface area contributed by atoms with Crippen LogP contribution >= 0.6 is 11.6 Å². The molecule has 2 rings (SSSR count). The van der Waals surface area contributed by atoms with Gasteiger partial charge >= 0.3 is 0 Å². The summed E-state index contributed by atoms with van der Waals surface area (Å²) >= 11 is 6.37. The highest BCUT2D eigenvalue weighted by Gasteiger charge is 2.29. The summed E-state index contributed by atoms with van der Waals surface area (Å²) in [5.41, 5.74) is 2.26. The Morgan fingerprint density at radius 3 is 2.33 bits per heavy atom. The van der Waals surface area contributed by atoms with Crippen molar-refractivity contribution in [2.24, 2.45) is 0 Å². The third-order valence-electron chi connectivity index (χ3n) is 6.13. The number of nitrogens with one attached hydrogen (secondary N) is 1. The van der Waals surface area contributed by atoms with E-state index < -0.39 is 16.1 Å². The van der Waals surface area contributed by atoms with Crippen LogP contribution < -0.4 is 9.62 Å². The molecule has 2 aromatic rings. The molecule has 7 nitrogen and oxygen atoms in total. The average molecular weight is 536 g/mol. The molecule has 0 aliphatic heterocycles. The number of hydrogen-bond acceptors (Lipinski definition) is 4. The van der Waals surface area contributed by atoms with Crippen molar-refractivity contribution in [2.45, 2.75) is 72.0 Å². The molecule has 0 radical (unpaired) electrons. The molecule has 0 heterocycles. The van der Waals surface area contributed by atoms with Gasteiger partial charge in [0.1, 0.15) is 6.04 Å². The van der Waals surface area contributed by atoms with Gasteiger partial charge in [-0.05, 0) is 62.4 Å². The number of aryl methyl sites for hydroxylation is 1. The molecule has 0 aromatic heterocycles. The SMILES string of the molecule is CC[C@@H](C)NC(=O)[C@H](CC)N(Cc1ccccc1Cl)C(=O)CCCN(c1cccc(C)c1)S(C)(=O)=O. The van der Waals surface area contributed by atoms with Gasteiger partial charge in [0.2, 0.25) is 21.8 Å². The maximum absolute atomic E-state index is 13.5. The molecular formula is C27H38ClN3O4S. The number of rotatable bonds is 13. The summed E-state index contributed by atoms with van der Waals surface area (Å²) in [5, 5.41) is 3.51. The first-order valence-corrected chi connectivity index (χ1v) is 14.6. The highest BCUT2D eigenvalue weighted by atomic mass is 35.5. The maximum atomic E-state index is 13.5. The molecule has 9 heteroatoms. The third-order valence-corrected chi connectivity index (χ3v) is 7.69. The standard InChI is InChI=1S/C27H38ClN3O4S/c1-6-21(4)29-27(33)25(7-2)30(19-22-13-8-9-15-24(22)28)26(32)16-11-17-31(36(5,34)35)23-14-10-12-20(3)18-23/h8-10,12-15,18,21,25H,6-7,11,16-17,19H2,1-5H3,(H,29,33)/t21-,25+/m1/s1. The minimum Gasteiger partial charge on any atom is -0.352 e. The molecule has 0 fully saturated rings. The van der Waals surface area contributed by atoms with Crippen LogP contribution in [0.5, 0.6) is 0 Å². The minimum absolute atomic E-state index is 0.0125. The molecular weight excluding hydrogens is 498 g/mol. The Balaban J connectivity index is 2.24. The Labute approximate surface area is 220 Å². The first-order valence-electron chi connectivity index (χ1n) is 12.4. The second kappa shape index (κ2) is 13.7. The smallest absolute Gasteiger partial charge is 0.243 e. The summed E-state index contributed by atoms with van der Waals surface area (Å²) in [6.07, 6.45) is 2.78. The number of carbonyl (C=O) groups excluding carboxylic acids is 2. The predicted octanol–water partition coefficient (Wildman–Crippen LogP) is 4.92. The van der Waals surface area contributed by atoms with E-state index >= 15 is 0 Å². The Morgan fingerprint density at radius 1 is 1.06 bits per heavy atom. The number of sulfonamides is 1. The number of amides is 2. The molecule has 0 unspecified atom stereocenters. The monoisotopic (exact) mass is 535 g/mol. The van der Waals surface area contributed by atoms with Gasteiger partial charge in [-0.3, -0.25) is 13.9 Å². The maximum Gasteiger partial charge on any atom is 0.243 e. The number of carbonyl (C=O) groups is 2. The summed E-state index contributed by atoms with van der Waals surface area (Å²) in [6.45, 7) is 8.03. The average Bonchev–Trinajstić information content (AvgIpc) is 2.81. The highest BCUT2D eigenvalue weighted by molar-refractivity contribution is 7.92. The molecule has 0 saturated heterocycles. The van der Waals surface area contributed by atoms with Gasteiger partial charge in [0.05, 0.1) is 11.9 Å². The Kier molecular flexibility index (Phi) is 11.2. The molecule has 2 amide bonds. The van der Waals surface area contributed by atoms with Crippen LogP contribution in [-0.4, -0.2) is 50.0 Å². The molecule has 0 aliphatic carbocycles. The quantitative estimate of drug-likeness (QED) is 0.394. The first kappa shape index (κ1) is 29.6. The van der Waals surface area contributed by atoms with Crippen LogP contribution in [0.25, 0.3) is 0 Å². The summed E-state index contributed by atoms with van der Waals surface area (Å²) in [4.78, 5) is 28.1. The van der Waals surface area contributed by atoms with Gasteiger partial charge in [-0.25, -0.2) is 8.42 Å². The predicted molar refractivity (Wildman–Crippen MR) is 147 cm³/mol. The van der Waals surface area contributed by atoms with Crippen molar-refractivity contribution in [3.63, 3.8) is 0 Å². The molecule has 0 saturated carbocycles. The van der Waals surface area contributed by atoms with Crippen LogP contribution in [0.4, 0.5) is 5.69 Å². The lowest BCUT2D eigenvalue weighted by molar-refractivity contribution is -0.141. The molecule has 0 aliphatic rings. The van der Waals surface area contributed by atoms with Crippen molar-refractivity contribution in [1.29, 1.82) is 0 Å². The van der Waals surface area contributed by atoms with E-state index in [1.54, 1.807) is 29.2 Å². The van der Waals surface area contributed by atoms with E-state index in [4.69, 9.17) is 11.6 Å². The second-order valence-corrected chi connectivity index (χ2v) is 11.4. The van der Waals surface area contributed by atoms with Gasteiger partial charge in [-0.2, -0.15) is 0 Å². The van der Waals surface area contributed by atoms with Gasteiger partial charge in [-0.1, -0.05) is 55.8 Å². The fraction of sp³-hybridized carbons (Fsp3) is 0.481. The Bertz CT molecular complexity index is 1140. The van der Waals surface area contributed by atoms with Gasteiger partial charge in [-0.15, -0.1) is 0 Å². The lowest BCUT2D eigenvalue weighted by atomic mass is 10.1. The summed E-state index contributed by atoms with van der Waals surface area (Å²) in [6, 6.07) is 13.8. The molecule has 198 valence electrons. The van der Waals surface area contributed by atoms with E-state index in [0.29, 0.717) is 23.6 Å². The fourth-order valence-electron chi connectivity index (χ4n) is 3.96. The van der Waals surface area contributed by atoms with Gasteiger partial charge in [0, 0.05) is 30.6 Å². The molecule has 0 spiro atoms. The van der Waals surface area contributed by atoms with E-state index in [1.165, 1.54) is 4.31 Å². The zero-order valence-corrected chi connectivity index (χ0v) is 23.4. The van der Waals surface area contributed by atoms with Crippen molar-refractivity contribution in [1.82, 2.24) is 10.2 Å². The van der Waals surface area contributed by atoms with Gasteiger partial charge < -0.3 is 10.2 Å². The lowest BCUT2D eigenvalue weighted by Crippen LogP contribution is -2.50. The number of benzene rings is 2. The molecule has 36 heavy (non-hydrogen) atoms. The van der Waals surface area contributed by atoms with E-state index in [9.17, 15) is 18.0 Å². The number of halogens is 1. The van der Waals surface area contributed by atoms with Crippen LogP contribution in [-0.2, 0) is 26.2 Å². The molecule has 1 N–H and O–H groups in total. The lowest BCUT2D eigenvalue weighted by Gasteiger charge is -2.32. The van der Waals surface area contributed by atoms with Crippen molar-refractivity contribution in [2.75, 3.05) is 17.1 Å². The van der Waals surface area contributed by atoms with Crippen LogP contribution in [0.2, 0.25) is 5.02 Å². The summed E-state index contributed by atoms with van der Waals surface area (Å²) < 4.78 is 26.3. The van der Waals surface area contributed by atoms with Crippen molar-refractivity contribution >= 4 is 39.1 Å². The number of anilines is 1. The zero-order chi connectivity index (χ0) is 26.9. The van der Waals surface area contributed by atoms with Gasteiger partial charge in [0.25, 0.3) is 0 Å². The third kappa shape index (κ3) is 8.52. The van der Waals surface area contributed by atoms with Crippen LogP contribution in [0, 0.1) is 6.92 Å². The normalized spacial score (nSPS) is 13.1. The number of hydrogen-bond donors (Lipinski definition) is 1. The Hall–Kier alpha value is -2.58. The fourth-order valence-corrected chi connectivity index (χ4v) is 5.11. The van der Waals surface area contributed by atoms with E-state index in [2.05, 4.69) is 5.32 Å². The van der Waals surface area contributed by atoms with Crippen molar-refractivity contribution in [3.8, 4) is 0 Å². The number of nitrogens with zero attached hydrogens (tertiary/aromatic N) is 2. The van der Waals surface area contributed by atoms with E-state index in [1.807, 2.05) is 52.0 Å². The van der Waals surface area contributed by atoms with E-state index in [0.717, 1.165) is 23.8 Å². The first-order chi connectivity index (χ1) is 17.0. The Morgan fingerprint density at radius 2 is 1.75 bits per heavy atom. The van der Waals surface area contributed by atoms with Crippen LogP contribution in [0.3, 0.4) is 0 Å². The van der Waals surface area contributed by atoms with Gasteiger partial charge in [0.15, 0.2) is 0 Å². The van der Waals surface area contributed by atoms with Crippen molar-refractivity contribution < 1.29 is 18.0 Å². The van der Waals surface area contributed by atoms with E-state index in [-0.39, 0.29) is 37.4 Å². The second-order valence-electron chi connectivity index (χ2n) is 9.13. The molecule has 2 atom stereocenters. The molecule has 0 bridgehead atoms. The largest absolute Gasteiger partial charge is 0.352 e. The molecule has 2 aromatic carbocycles. The summed E-state index contributed by atoms with van der Waals surface area (Å²) in [5.74, 6) is -0.427. The topological polar surface area (TPSA) is 86.8 Å². The van der Waals surface area contributed by atoms with Crippen molar-refractivity contribution in [3.05, 3.63) is 64.7 Å². The highest BCUT2D eigenvalue weighted by Crippen LogP contribution is 2.22. The van der Waals surface area contributed by atoms with Crippen LogP contribution in [0.1, 0.15) is 57.6 Å². The minimum atomic E-state index is -3.53. The van der Waals surface area contributed by atoms with Crippen LogP contribution in [0.15, 0.2) is 48.5 Å². The zero-order valence-electron chi connectivity index (χ0n) is 21.8.